The van der Waals surface area contributed by atoms with Crippen LogP contribution in [0, 0.1) is 19.3 Å². The van der Waals surface area contributed by atoms with Gasteiger partial charge in [-0.05, 0) is 37.1 Å². The van der Waals surface area contributed by atoms with Crippen molar-refractivity contribution in [2.24, 2.45) is 5.41 Å². The van der Waals surface area contributed by atoms with Crippen molar-refractivity contribution < 1.29 is 9.59 Å². The predicted octanol–water partition coefficient (Wildman–Crippen LogP) is 3.66. The maximum absolute atomic E-state index is 12.5. The van der Waals surface area contributed by atoms with Crippen molar-refractivity contribution in [2.75, 3.05) is 16.8 Å². The summed E-state index contributed by atoms with van der Waals surface area (Å²) in [5.74, 6) is -0.00357. The smallest absolute Gasteiger partial charge is 0.231 e. The summed E-state index contributed by atoms with van der Waals surface area (Å²) in [6.07, 6.45) is 0.412. The first-order valence-corrected chi connectivity index (χ1v) is 9.48. The van der Waals surface area contributed by atoms with Gasteiger partial charge >= 0.3 is 0 Å². The van der Waals surface area contributed by atoms with E-state index in [1.807, 2.05) is 51.7 Å². The molecule has 3 rings (SSSR count). The lowest BCUT2D eigenvalue weighted by molar-refractivity contribution is -0.123. The van der Waals surface area contributed by atoms with Crippen LogP contribution in [0.5, 0.6) is 0 Å². The second kappa shape index (κ2) is 6.79. The highest BCUT2D eigenvalue weighted by molar-refractivity contribution is 7.15. The number of rotatable bonds is 3. The van der Waals surface area contributed by atoms with Crippen LogP contribution in [0.15, 0.2) is 18.2 Å². The van der Waals surface area contributed by atoms with E-state index in [0.29, 0.717) is 18.1 Å². The summed E-state index contributed by atoms with van der Waals surface area (Å²) < 4.78 is 0. The van der Waals surface area contributed by atoms with Crippen LogP contribution in [0.2, 0.25) is 0 Å². The first kappa shape index (κ1) is 18.5. The van der Waals surface area contributed by atoms with Crippen LogP contribution >= 0.6 is 11.3 Å². The third kappa shape index (κ3) is 3.93. The highest BCUT2D eigenvalue weighted by atomic mass is 32.1. The Kier molecular flexibility index (Phi) is 4.84. The molecule has 1 fully saturated rings. The normalized spacial score (nSPS) is 17.7. The summed E-state index contributed by atoms with van der Waals surface area (Å²) in [6.45, 7) is 10.2. The van der Waals surface area contributed by atoms with E-state index in [9.17, 15) is 9.59 Å². The van der Waals surface area contributed by atoms with Gasteiger partial charge in [-0.2, -0.15) is 0 Å². The van der Waals surface area contributed by atoms with Gasteiger partial charge in [0, 0.05) is 30.0 Å². The van der Waals surface area contributed by atoms with Crippen LogP contribution in [0.4, 0.5) is 10.8 Å². The third-order valence-corrected chi connectivity index (χ3v) is 5.34. The molecule has 7 heteroatoms. The Hall–Kier alpha value is -2.28. The molecule has 2 amide bonds. The Bertz CT molecular complexity index is 833. The van der Waals surface area contributed by atoms with Crippen LogP contribution in [-0.2, 0) is 9.59 Å². The van der Waals surface area contributed by atoms with E-state index < -0.39 is 5.41 Å². The number of carbonyl (C=O) groups excluding carboxylic acids is 2. The zero-order chi connectivity index (χ0) is 19.1. The van der Waals surface area contributed by atoms with Crippen LogP contribution in [-0.4, -0.2) is 28.6 Å². The molecule has 1 aliphatic rings. The van der Waals surface area contributed by atoms with Gasteiger partial charge in [-0.1, -0.05) is 38.2 Å². The predicted molar refractivity (Wildman–Crippen MR) is 104 cm³/mol. The molecule has 1 aliphatic heterocycles. The number of hydrogen-bond donors (Lipinski definition) is 1. The largest absolute Gasteiger partial charge is 0.312 e. The van der Waals surface area contributed by atoms with Gasteiger partial charge in [-0.25, -0.2) is 0 Å². The van der Waals surface area contributed by atoms with Gasteiger partial charge in [0.05, 0.1) is 0 Å². The molecule has 0 aliphatic carbocycles. The molecule has 1 atom stereocenters. The highest BCUT2D eigenvalue weighted by Crippen LogP contribution is 2.35. The zero-order valence-electron chi connectivity index (χ0n) is 15.8. The highest BCUT2D eigenvalue weighted by Gasteiger charge is 2.34. The summed E-state index contributed by atoms with van der Waals surface area (Å²) in [7, 11) is 0. The van der Waals surface area contributed by atoms with Crippen molar-refractivity contribution in [3.8, 4) is 0 Å². The van der Waals surface area contributed by atoms with Crippen LogP contribution in [0.3, 0.4) is 0 Å². The second-order valence-corrected chi connectivity index (χ2v) is 8.91. The number of aryl methyl sites for hydroxylation is 2. The number of nitrogens with zero attached hydrogens (tertiary/aromatic N) is 3. The standard InChI is InChI=1S/C19H24N4O2S/c1-11-6-12(2)8-14(7-11)23-10-13(9-15(23)24)16-21-22-18(26-16)20-17(25)19(3,4)5/h6-8,13H,9-10H2,1-5H3,(H,20,22,25). The Labute approximate surface area is 157 Å². The van der Waals surface area contributed by atoms with E-state index in [1.54, 1.807) is 0 Å². The van der Waals surface area contributed by atoms with Crippen molar-refractivity contribution in [1.29, 1.82) is 0 Å². The van der Waals surface area contributed by atoms with E-state index in [4.69, 9.17) is 0 Å². The number of hydrogen-bond acceptors (Lipinski definition) is 5. The topological polar surface area (TPSA) is 75.2 Å². The molecular formula is C19H24N4O2S. The van der Waals surface area contributed by atoms with Crippen LogP contribution in [0.1, 0.15) is 49.2 Å². The number of aromatic nitrogens is 2. The minimum absolute atomic E-state index is 0.00103. The zero-order valence-corrected chi connectivity index (χ0v) is 16.6. The van der Waals surface area contributed by atoms with E-state index in [-0.39, 0.29) is 17.7 Å². The molecule has 0 bridgehead atoms. The van der Waals surface area contributed by atoms with E-state index in [0.717, 1.165) is 21.8 Å². The molecule has 0 spiro atoms. The fourth-order valence-corrected chi connectivity index (χ4v) is 3.79. The maximum atomic E-state index is 12.5. The van der Waals surface area contributed by atoms with Gasteiger partial charge in [0.15, 0.2) is 0 Å². The number of carbonyl (C=O) groups is 2. The molecule has 2 heterocycles. The van der Waals surface area contributed by atoms with Crippen molar-refractivity contribution in [2.45, 2.75) is 47.0 Å². The molecule has 26 heavy (non-hydrogen) atoms. The first-order valence-electron chi connectivity index (χ1n) is 8.67. The van der Waals surface area contributed by atoms with Crippen molar-refractivity contribution in [3.05, 3.63) is 34.3 Å². The molecule has 0 saturated carbocycles. The fraction of sp³-hybridized carbons (Fsp3) is 0.474. The van der Waals surface area contributed by atoms with Gasteiger partial charge in [-0.3, -0.25) is 9.59 Å². The van der Waals surface area contributed by atoms with Crippen molar-refractivity contribution in [1.82, 2.24) is 10.2 Å². The van der Waals surface area contributed by atoms with Crippen LogP contribution < -0.4 is 10.2 Å². The van der Waals surface area contributed by atoms with E-state index >= 15 is 0 Å². The number of anilines is 2. The SMILES string of the molecule is Cc1cc(C)cc(N2CC(c3nnc(NC(=O)C(C)(C)C)s3)CC2=O)c1. The summed E-state index contributed by atoms with van der Waals surface area (Å²) in [4.78, 5) is 26.4. The third-order valence-electron chi connectivity index (χ3n) is 4.33. The Morgan fingerprint density at radius 3 is 2.46 bits per heavy atom. The maximum Gasteiger partial charge on any atom is 0.231 e. The average molecular weight is 372 g/mol. The van der Waals surface area contributed by atoms with Gasteiger partial charge in [-0.15, -0.1) is 10.2 Å². The molecule has 138 valence electrons. The Balaban J connectivity index is 1.74. The fourth-order valence-electron chi connectivity index (χ4n) is 2.96. The molecule has 0 radical (unpaired) electrons. The lowest BCUT2D eigenvalue weighted by atomic mass is 9.96. The lowest BCUT2D eigenvalue weighted by Crippen LogP contribution is -2.27. The molecular weight excluding hydrogens is 348 g/mol. The quantitative estimate of drug-likeness (QED) is 0.892. The minimum Gasteiger partial charge on any atom is -0.312 e. The average Bonchev–Trinajstić information content (AvgIpc) is 3.12. The molecule has 6 nitrogen and oxygen atoms in total. The molecule has 1 aromatic carbocycles. The molecule has 1 N–H and O–H groups in total. The van der Waals surface area contributed by atoms with Gasteiger partial charge in [0.1, 0.15) is 5.01 Å². The molecule has 2 aromatic rings. The Morgan fingerprint density at radius 2 is 1.85 bits per heavy atom. The summed E-state index contributed by atoms with van der Waals surface area (Å²) in [6, 6.07) is 6.15. The Morgan fingerprint density at radius 1 is 1.19 bits per heavy atom. The number of benzene rings is 1. The molecule has 1 aromatic heterocycles. The lowest BCUT2D eigenvalue weighted by Gasteiger charge is -2.17. The number of amides is 2. The van der Waals surface area contributed by atoms with Crippen molar-refractivity contribution >= 4 is 34.0 Å². The van der Waals surface area contributed by atoms with E-state index in [2.05, 4.69) is 21.6 Å². The summed E-state index contributed by atoms with van der Waals surface area (Å²) >= 11 is 1.35. The van der Waals surface area contributed by atoms with Gasteiger partial charge in [0.2, 0.25) is 16.9 Å². The second-order valence-electron chi connectivity index (χ2n) is 7.90. The molecule has 1 unspecified atom stereocenters. The summed E-state index contributed by atoms with van der Waals surface area (Å²) in [5.41, 5.74) is 2.72. The minimum atomic E-state index is -0.491. The first-order chi connectivity index (χ1) is 12.1. The van der Waals surface area contributed by atoms with Crippen LogP contribution in [0.25, 0.3) is 0 Å². The molecule has 1 saturated heterocycles. The van der Waals surface area contributed by atoms with Crippen molar-refractivity contribution in [3.63, 3.8) is 0 Å². The summed E-state index contributed by atoms with van der Waals surface area (Å²) in [5, 5.41) is 12.4. The van der Waals surface area contributed by atoms with E-state index in [1.165, 1.54) is 11.3 Å². The van der Waals surface area contributed by atoms with Gasteiger partial charge in [0.25, 0.3) is 0 Å². The number of nitrogens with one attached hydrogen (secondary N) is 1. The monoisotopic (exact) mass is 372 g/mol. The van der Waals surface area contributed by atoms with Gasteiger partial charge < -0.3 is 10.2 Å².